The van der Waals surface area contributed by atoms with Crippen molar-refractivity contribution in [2.24, 2.45) is 7.05 Å². The number of thioether (sulfide) groups is 1. The number of amides is 1. The van der Waals surface area contributed by atoms with Gasteiger partial charge >= 0.3 is 0 Å². The molecule has 0 unspecified atom stereocenters. The number of furan rings is 1. The highest BCUT2D eigenvalue weighted by Crippen LogP contribution is 2.26. The number of Topliss-reactive ketones (excluding diaryl/α,β-unsaturated/α-hetero) is 1. The van der Waals surface area contributed by atoms with Crippen molar-refractivity contribution in [1.29, 1.82) is 0 Å². The average Bonchev–Trinajstić information content (AvgIpc) is 3.18. The minimum atomic E-state index is -0.148. The van der Waals surface area contributed by atoms with E-state index in [1.807, 2.05) is 24.6 Å². The molecular weight excluding hydrogens is 352 g/mol. The Labute approximate surface area is 154 Å². The first-order chi connectivity index (χ1) is 12.5. The lowest BCUT2D eigenvalue weighted by Crippen LogP contribution is -2.07. The number of nitrogens with one attached hydrogen (secondary N) is 1. The molecule has 0 aliphatic rings. The van der Waals surface area contributed by atoms with Crippen molar-refractivity contribution in [2.45, 2.75) is 19.0 Å². The number of hydrogen-bond donors (Lipinski definition) is 1. The van der Waals surface area contributed by atoms with Crippen LogP contribution in [0.4, 0.5) is 5.69 Å². The molecular formula is C18H18N4O3S. The maximum Gasteiger partial charge on any atom is 0.221 e. The first kappa shape index (κ1) is 17.9. The number of aryl methyl sites for hydroxylation is 1. The van der Waals surface area contributed by atoms with Crippen molar-refractivity contribution in [1.82, 2.24) is 14.8 Å². The molecule has 2 aromatic heterocycles. The number of rotatable bonds is 6. The van der Waals surface area contributed by atoms with E-state index < -0.39 is 0 Å². The van der Waals surface area contributed by atoms with Gasteiger partial charge in [0, 0.05) is 25.2 Å². The van der Waals surface area contributed by atoms with Crippen LogP contribution in [0.1, 0.15) is 23.0 Å². The standard InChI is InChI=1S/C18H18N4O3S/c1-11-15(8-9-25-11)17-20-21-18(22(17)3)26-10-16(24)13-4-6-14(7-5-13)19-12(2)23/h4-9H,10H2,1-3H3,(H,19,23). The lowest BCUT2D eigenvalue weighted by molar-refractivity contribution is -0.114. The van der Waals surface area contributed by atoms with Crippen LogP contribution in [0, 0.1) is 6.92 Å². The molecule has 0 bridgehead atoms. The Morgan fingerprint density at radius 3 is 2.54 bits per heavy atom. The molecule has 134 valence electrons. The molecule has 8 heteroatoms. The van der Waals surface area contributed by atoms with E-state index in [0.29, 0.717) is 22.2 Å². The number of nitrogens with zero attached hydrogens (tertiary/aromatic N) is 3. The van der Waals surface area contributed by atoms with Crippen LogP contribution in [0.2, 0.25) is 0 Å². The van der Waals surface area contributed by atoms with Crippen LogP contribution in [0.3, 0.4) is 0 Å². The molecule has 7 nitrogen and oxygen atoms in total. The summed E-state index contributed by atoms with van der Waals surface area (Å²) < 4.78 is 7.15. The second kappa shape index (κ2) is 7.57. The molecule has 0 aliphatic heterocycles. The van der Waals surface area contributed by atoms with E-state index in [9.17, 15) is 9.59 Å². The number of ketones is 1. The van der Waals surface area contributed by atoms with Crippen LogP contribution in [0.5, 0.6) is 0 Å². The van der Waals surface area contributed by atoms with Gasteiger partial charge in [-0.3, -0.25) is 9.59 Å². The van der Waals surface area contributed by atoms with E-state index in [1.54, 1.807) is 30.5 Å². The van der Waals surface area contributed by atoms with Crippen molar-refractivity contribution in [2.75, 3.05) is 11.1 Å². The summed E-state index contributed by atoms with van der Waals surface area (Å²) in [4.78, 5) is 23.4. The minimum absolute atomic E-state index is 0.0200. The van der Waals surface area contributed by atoms with E-state index >= 15 is 0 Å². The van der Waals surface area contributed by atoms with Crippen LogP contribution in [0.15, 0.2) is 46.2 Å². The molecule has 0 saturated heterocycles. The molecule has 26 heavy (non-hydrogen) atoms. The van der Waals surface area contributed by atoms with Gasteiger partial charge in [0.05, 0.1) is 17.6 Å². The molecule has 1 N–H and O–H groups in total. The van der Waals surface area contributed by atoms with Crippen molar-refractivity contribution in [3.05, 3.63) is 47.9 Å². The highest BCUT2D eigenvalue weighted by molar-refractivity contribution is 7.99. The molecule has 1 aromatic carbocycles. The van der Waals surface area contributed by atoms with Crippen molar-refractivity contribution in [3.63, 3.8) is 0 Å². The Kier molecular flexibility index (Phi) is 5.22. The summed E-state index contributed by atoms with van der Waals surface area (Å²) in [5.74, 6) is 1.55. The third-order valence-electron chi connectivity index (χ3n) is 3.79. The third-order valence-corrected chi connectivity index (χ3v) is 4.81. The van der Waals surface area contributed by atoms with Gasteiger partial charge in [0.15, 0.2) is 16.8 Å². The van der Waals surface area contributed by atoms with Crippen LogP contribution in [-0.4, -0.2) is 32.2 Å². The number of benzene rings is 1. The minimum Gasteiger partial charge on any atom is -0.469 e. The average molecular weight is 370 g/mol. The molecule has 1 amide bonds. The SMILES string of the molecule is CC(=O)Nc1ccc(C(=O)CSc2nnc(-c3ccoc3C)n2C)cc1. The number of aromatic nitrogens is 3. The van der Waals surface area contributed by atoms with Crippen LogP contribution in [-0.2, 0) is 11.8 Å². The summed E-state index contributed by atoms with van der Waals surface area (Å²) >= 11 is 1.33. The zero-order valence-corrected chi connectivity index (χ0v) is 15.5. The summed E-state index contributed by atoms with van der Waals surface area (Å²) in [7, 11) is 1.86. The Morgan fingerprint density at radius 2 is 1.92 bits per heavy atom. The summed E-state index contributed by atoms with van der Waals surface area (Å²) in [5.41, 5.74) is 2.13. The highest BCUT2D eigenvalue weighted by Gasteiger charge is 2.16. The summed E-state index contributed by atoms with van der Waals surface area (Å²) in [5, 5.41) is 11.7. The Morgan fingerprint density at radius 1 is 1.19 bits per heavy atom. The van der Waals surface area contributed by atoms with Crippen LogP contribution >= 0.6 is 11.8 Å². The molecule has 2 heterocycles. The fraction of sp³-hybridized carbons (Fsp3) is 0.222. The van der Waals surface area contributed by atoms with Gasteiger partial charge in [-0.15, -0.1) is 10.2 Å². The Balaban J connectivity index is 1.66. The smallest absolute Gasteiger partial charge is 0.221 e. The molecule has 0 atom stereocenters. The highest BCUT2D eigenvalue weighted by atomic mass is 32.2. The fourth-order valence-corrected chi connectivity index (χ4v) is 3.25. The predicted octanol–water partition coefficient (Wildman–Crippen LogP) is 3.32. The second-order valence-corrected chi connectivity index (χ2v) is 6.67. The van der Waals surface area contributed by atoms with Crippen molar-refractivity contribution >= 4 is 29.1 Å². The summed E-state index contributed by atoms with van der Waals surface area (Å²) in [6.07, 6.45) is 1.61. The molecule has 0 fully saturated rings. The number of carbonyl (C=O) groups is 2. The molecule has 3 aromatic rings. The molecule has 0 radical (unpaired) electrons. The predicted molar refractivity (Wildman–Crippen MR) is 99.2 cm³/mol. The van der Waals surface area contributed by atoms with Gasteiger partial charge in [0.2, 0.25) is 5.91 Å². The third kappa shape index (κ3) is 3.85. The second-order valence-electron chi connectivity index (χ2n) is 5.73. The monoisotopic (exact) mass is 370 g/mol. The normalized spacial score (nSPS) is 10.7. The maximum absolute atomic E-state index is 12.4. The van der Waals surface area contributed by atoms with Gasteiger partial charge in [0.1, 0.15) is 5.76 Å². The van der Waals surface area contributed by atoms with Gasteiger partial charge in [-0.05, 0) is 37.3 Å². The van der Waals surface area contributed by atoms with E-state index in [2.05, 4.69) is 15.5 Å². The summed E-state index contributed by atoms with van der Waals surface area (Å²) in [6.45, 7) is 3.31. The number of anilines is 1. The van der Waals surface area contributed by atoms with E-state index in [4.69, 9.17) is 4.42 Å². The van der Waals surface area contributed by atoms with E-state index in [0.717, 1.165) is 11.3 Å². The zero-order valence-electron chi connectivity index (χ0n) is 14.6. The van der Waals surface area contributed by atoms with Gasteiger partial charge in [-0.25, -0.2) is 0 Å². The lowest BCUT2D eigenvalue weighted by Gasteiger charge is -2.05. The molecule has 3 rings (SSSR count). The largest absolute Gasteiger partial charge is 0.469 e. The number of carbonyl (C=O) groups excluding carboxylic acids is 2. The fourth-order valence-electron chi connectivity index (χ4n) is 2.45. The van der Waals surface area contributed by atoms with Crippen molar-refractivity contribution < 1.29 is 14.0 Å². The Bertz CT molecular complexity index is 944. The molecule has 0 saturated carbocycles. The Hall–Kier alpha value is -2.87. The first-order valence-corrected chi connectivity index (χ1v) is 8.92. The van der Waals surface area contributed by atoms with Gasteiger partial charge in [0.25, 0.3) is 0 Å². The first-order valence-electron chi connectivity index (χ1n) is 7.93. The molecule has 0 aliphatic carbocycles. The quantitative estimate of drug-likeness (QED) is 0.529. The topological polar surface area (TPSA) is 90.0 Å². The van der Waals surface area contributed by atoms with Crippen LogP contribution < -0.4 is 5.32 Å². The number of hydrogen-bond acceptors (Lipinski definition) is 6. The van der Waals surface area contributed by atoms with Gasteiger partial charge in [-0.2, -0.15) is 0 Å². The van der Waals surface area contributed by atoms with Gasteiger partial charge < -0.3 is 14.3 Å². The molecule has 0 spiro atoms. The van der Waals surface area contributed by atoms with Gasteiger partial charge in [-0.1, -0.05) is 11.8 Å². The zero-order chi connectivity index (χ0) is 18.7. The summed E-state index contributed by atoms with van der Waals surface area (Å²) in [6, 6.07) is 8.66. The van der Waals surface area contributed by atoms with Crippen molar-refractivity contribution in [3.8, 4) is 11.4 Å². The van der Waals surface area contributed by atoms with Crippen LogP contribution in [0.25, 0.3) is 11.4 Å². The van der Waals surface area contributed by atoms with E-state index in [-0.39, 0.29) is 17.4 Å². The lowest BCUT2D eigenvalue weighted by atomic mass is 10.1. The van der Waals surface area contributed by atoms with E-state index in [1.165, 1.54) is 18.7 Å². The maximum atomic E-state index is 12.4.